The smallest absolute Gasteiger partial charge is 0.313 e. The molecule has 0 spiro atoms. The maximum absolute atomic E-state index is 12.6. The summed E-state index contributed by atoms with van der Waals surface area (Å²) in [4.78, 5) is 18.3. The van der Waals surface area contributed by atoms with E-state index in [1.54, 1.807) is 29.2 Å². The molecule has 2 aromatic carbocycles. The lowest BCUT2D eigenvalue weighted by atomic mass is 10.2. The van der Waals surface area contributed by atoms with E-state index >= 15 is 0 Å². The molecule has 0 aliphatic heterocycles. The molecule has 0 saturated heterocycles. The third-order valence-electron chi connectivity index (χ3n) is 4.25. The zero-order valence-corrected chi connectivity index (χ0v) is 18.1. The van der Waals surface area contributed by atoms with Crippen molar-refractivity contribution in [1.82, 2.24) is 9.71 Å². The molecule has 1 aromatic heterocycles. The SMILES string of the molecule is Cc1sc(N(Cc2ccccc2)c2ccc(C#N)cc2)nc1C(=O)NS(=O)(=O)C(F)(F)F. The van der Waals surface area contributed by atoms with Crippen LogP contribution in [0.15, 0.2) is 54.6 Å². The molecule has 0 radical (unpaired) electrons. The number of hydrogen-bond acceptors (Lipinski definition) is 7. The van der Waals surface area contributed by atoms with Crippen LogP contribution in [-0.4, -0.2) is 24.8 Å². The van der Waals surface area contributed by atoms with E-state index < -0.39 is 27.1 Å². The summed E-state index contributed by atoms with van der Waals surface area (Å²) in [5, 5.41) is 9.29. The molecule has 0 saturated carbocycles. The van der Waals surface area contributed by atoms with Gasteiger partial charge in [-0.1, -0.05) is 30.3 Å². The summed E-state index contributed by atoms with van der Waals surface area (Å²) in [5.41, 5.74) is -4.12. The molecule has 7 nitrogen and oxygen atoms in total. The van der Waals surface area contributed by atoms with Gasteiger partial charge in [0.2, 0.25) is 0 Å². The fraction of sp³-hybridized carbons (Fsp3) is 0.150. The molecule has 0 aliphatic carbocycles. The number of hydrogen-bond donors (Lipinski definition) is 1. The van der Waals surface area contributed by atoms with Crippen molar-refractivity contribution in [2.75, 3.05) is 4.90 Å². The number of amides is 1. The summed E-state index contributed by atoms with van der Waals surface area (Å²) in [6, 6.07) is 17.8. The van der Waals surface area contributed by atoms with Gasteiger partial charge in [0.05, 0.1) is 18.2 Å². The van der Waals surface area contributed by atoms with Gasteiger partial charge in [-0.15, -0.1) is 11.3 Å². The Bertz CT molecular complexity index is 1270. The lowest BCUT2D eigenvalue weighted by Crippen LogP contribution is -2.40. The number of halogens is 3. The van der Waals surface area contributed by atoms with Gasteiger partial charge < -0.3 is 4.90 Å². The number of alkyl halides is 3. The molecule has 3 rings (SSSR count). The molecule has 0 fully saturated rings. The summed E-state index contributed by atoms with van der Waals surface area (Å²) in [7, 11) is -5.86. The van der Waals surface area contributed by atoms with Gasteiger partial charge in [0, 0.05) is 10.6 Å². The first-order chi connectivity index (χ1) is 15.0. The summed E-state index contributed by atoms with van der Waals surface area (Å²) in [6.45, 7) is 1.76. The quantitative estimate of drug-likeness (QED) is 0.566. The molecule has 0 aliphatic rings. The molecule has 1 N–H and O–H groups in total. The van der Waals surface area contributed by atoms with Crippen molar-refractivity contribution < 1.29 is 26.4 Å². The number of nitriles is 1. The van der Waals surface area contributed by atoms with Crippen LogP contribution in [0.25, 0.3) is 0 Å². The van der Waals surface area contributed by atoms with Crippen molar-refractivity contribution in [2.24, 2.45) is 0 Å². The molecule has 3 aromatic rings. The van der Waals surface area contributed by atoms with E-state index in [-0.39, 0.29) is 10.0 Å². The van der Waals surface area contributed by atoms with E-state index in [1.807, 2.05) is 36.4 Å². The summed E-state index contributed by atoms with van der Waals surface area (Å²) in [6.07, 6.45) is 0. The number of anilines is 2. The predicted molar refractivity (Wildman–Crippen MR) is 113 cm³/mol. The maximum Gasteiger partial charge on any atom is 0.516 e. The number of nitrogens with one attached hydrogen (secondary N) is 1. The van der Waals surface area contributed by atoms with E-state index in [9.17, 15) is 26.4 Å². The lowest BCUT2D eigenvalue weighted by Gasteiger charge is -2.22. The normalized spacial score (nSPS) is 11.6. The molecule has 32 heavy (non-hydrogen) atoms. The van der Waals surface area contributed by atoms with Gasteiger partial charge in [-0.05, 0) is 36.8 Å². The van der Waals surface area contributed by atoms with Crippen LogP contribution in [0.5, 0.6) is 0 Å². The Balaban J connectivity index is 1.98. The second kappa shape index (κ2) is 8.97. The minimum absolute atomic E-state index is 0.238. The number of thiazole rings is 1. The topological polar surface area (TPSA) is 103 Å². The largest absolute Gasteiger partial charge is 0.516 e. The minimum Gasteiger partial charge on any atom is -0.313 e. The van der Waals surface area contributed by atoms with Gasteiger partial charge in [0.1, 0.15) is 5.69 Å². The monoisotopic (exact) mass is 480 g/mol. The molecular formula is C20H15F3N4O3S2. The van der Waals surface area contributed by atoms with Crippen LogP contribution in [-0.2, 0) is 16.6 Å². The molecule has 1 amide bonds. The summed E-state index contributed by atoms with van der Waals surface area (Å²) >= 11 is 1.02. The van der Waals surface area contributed by atoms with Gasteiger partial charge in [-0.25, -0.2) is 9.71 Å². The van der Waals surface area contributed by atoms with E-state index in [0.29, 0.717) is 17.8 Å². The highest BCUT2D eigenvalue weighted by atomic mass is 32.2. The second-order valence-corrected chi connectivity index (χ2v) is 9.37. The molecule has 0 bridgehead atoms. The summed E-state index contributed by atoms with van der Waals surface area (Å²) < 4.78 is 61.4. The summed E-state index contributed by atoms with van der Waals surface area (Å²) in [5.74, 6) is -1.47. The van der Waals surface area contributed by atoms with Crippen LogP contribution < -0.4 is 9.62 Å². The predicted octanol–water partition coefficient (Wildman–Crippen LogP) is 4.24. The number of carbonyl (C=O) groups excluding carboxylic acids is 1. The molecule has 12 heteroatoms. The van der Waals surface area contributed by atoms with Crippen molar-refractivity contribution in [3.05, 3.63) is 76.3 Å². The van der Waals surface area contributed by atoms with Crippen LogP contribution in [0.2, 0.25) is 0 Å². The van der Waals surface area contributed by atoms with Crippen molar-refractivity contribution in [2.45, 2.75) is 19.0 Å². The maximum atomic E-state index is 12.6. The Hall–Kier alpha value is -3.43. The Kier molecular flexibility index (Phi) is 6.52. The Morgan fingerprint density at radius 2 is 1.78 bits per heavy atom. The number of nitrogens with zero attached hydrogens (tertiary/aromatic N) is 3. The van der Waals surface area contributed by atoms with Crippen LogP contribution in [0.1, 0.15) is 26.5 Å². The highest BCUT2D eigenvalue weighted by molar-refractivity contribution is 7.90. The molecular weight excluding hydrogens is 465 g/mol. The number of rotatable bonds is 6. The molecule has 0 unspecified atom stereocenters. The van der Waals surface area contributed by atoms with Gasteiger partial charge >= 0.3 is 15.5 Å². The molecule has 166 valence electrons. The first-order valence-electron chi connectivity index (χ1n) is 8.94. The van der Waals surface area contributed by atoms with Gasteiger partial charge in [-0.2, -0.15) is 26.9 Å². The molecule has 0 atom stereocenters. The van der Waals surface area contributed by atoms with Gasteiger partial charge in [0.25, 0.3) is 5.91 Å². The van der Waals surface area contributed by atoms with Crippen LogP contribution >= 0.6 is 11.3 Å². The minimum atomic E-state index is -5.86. The zero-order valence-electron chi connectivity index (χ0n) is 16.4. The van der Waals surface area contributed by atoms with Crippen LogP contribution in [0, 0.1) is 18.3 Å². The fourth-order valence-corrected chi connectivity index (χ4v) is 4.07. The van der Waals surface area contributed by atoms with E-state index in [4.69, 9.17) is 5.26 Å². The Labute approximate surface area is 185 Å². The van der Waals surface area contributed by atoms with Crippen molar-refractivity contribution in [3.8, 4) is 6.07 Å². The van der Waals surface area contributed by atoms with Crippen molar-refractivity contribution >= 4 is 38.1 Å². The van der Waals surface area contributed by atoms with Crippen LogP contribution in [0.3, 0.4) is 0 Å². The average Bonchev–Trinajstić information content (AvgIpc) is 3.13. The number of benzene rings is 2. The third kappa shape index (κ3) is 5.06. The fourth-order valence-electron chi connectivity index (χ4n) is 2.69. The van der Waals surface area contributed by atoms with Crippen molar-refractivity contribution in [1.29, 1.82) is 5.26 Å². The number of aryl methyl sites for hydroxylation is 1. The zero-order chi connectivity index (χ0) is 23.5. The third-order valence-corrected chi connectivity index (χ3v) is 6.31. The number of carbonyl (C=O) groups is 1. The van der Waals surface area contributed by atoms with E-state index in [2.05, 4.69) is 4.98 Å². The Morgan fingerprint density at radius 3 is 2.34 bits per heavy atom. The van der Waals surface area contributed by atoms with Crippen molar-refractivity contribution in [3.63, 3.8) is 0 Å². The van der Waals surface area contributed by atoms with E-state index in [0.717, 1.165) is 21.6 Å². The first kappa shape index (κ1) is 23.2. The Morgan fingerprint density at radius 1 is 1.16 bits per heavy atom. The standard InChI is InChI=1S/C20H15F3N4O3S2/c1-13-17(18(28)26-32(29,30)20(21,22)23)25-19(31-13)27(12-15-5-3-2-4-6-15)16-9-7-14(11-24)8-10-16/h2-10H,12H2,1H3,(H,26,28). The highest BCUT2D eigenvalue weighted by Crippen LogP contribution is 2.33. The molecule has 1 heterocycles. The van der Waals surface area contributed by atoms with Crippen LogP contribution in [0.4, 0.5) is 24.0 Å². The number of aromatic nitrogens is 1. The lowest BCUT2D eigenvalue weighted by molar-refractivity contribution is -0.0446. The van der Waals surface area contributed by atoms with Gasteiger partial charge in [0.15, 0.2) is 5.13 Å². The highest BCUT2D eigenvalue weighted by Gasteiger charge is 2.47. The van der Waals surface area contributed by atoms with E-state index in [1.165, 1.54) is 6.92 Å². The second-order valence-electron chi connectivity index (χ2n) is 6.51. The number of sulfonamides is 1. The first-order valence-corrected chi connectivity index (χ1v) is 11.2. The van der Waals surface area contributed by atoms with Gasteiger partial charge in [-0.3, -0.25) is 4.79 Å². The average molecular weight is 480 g/mol.